The summed E-state index contributed by atoms with van der Waals surface area (Å²) in [5, 5.41) is 0. The lowest BCUT2D eigenvalue weighted by molar-refractivity contribution is 0.366. The lowest BCUT2D eigenvalue weighted by Crippen LogP contribution is -2.38. The van der Waals surface area contributed by atoms with Gasteiger partial charge in [-0.15, -0.1) is 0 Å². The SMILES string of the molecule is CC(C)(C)c1ccc2c(c1)C1(c3cc(C(C)(C)C)ccc3-2)C2C=CC=C(N(c3ccc4c(c3)C(C)(C)C3C=CC=CC43)c3ccc4c(c3)C(C)(C)C3C=CC=CC43)C2C2C=CC=C[C@@H]21. The van der Waals surface area contributed by atoms with Crippen molar-refractivity contribution >= 4 is 11.4 Å². The highest BCUT2D eigenvalue weighted by atomic mass is 15.2. The maximum atomic E-state index is 2.73. The van der Waals surface area contributed by atoms with E-state index >= 15 is 0 Å². The smallest absolute Gasteiger partial charge is 0.0461 e. The number of hydrogen-bond donors (Lipinski definition) is 0. The van der Waals surface area contributed by atoms with Gasteiger partial charge in [0.15, 0.2) is 0 Å². The topological polar surface area (TPSA) is 3.24 Å². The number of anilines is 2. The molecule has 1 fully saturated rings. The summed E-state index contributed by atoms with van der Waals surface area (Å²) in [7, 11) is 0. The molecule has 8 aliphatic rings. The molecule has 1 saturated carbocycles. The first kappa shape index (κ1) is 40.1. The first-order chi connectivity index (χ1) is 30.5. The Morgan fingerprint density at radius 3 is 1.39 bits per heavy atom. The highest BCUT2D eigenvalue weighted by Gasteiger charge is 2.64. The molecule has 4 aromatic carbocycles. The van der Waals surface area contributed by atoms with E-state index in [1.165, 1.54) is 72.7 Å². The van der Waals surface area contributed by atoms with Crippen LogP contribution in [0, 0.1) is 35.5 Å². The molecule has 1 nitrogen and oxygen atoms in total. The second-order valence-corrected chi connectivity index (χ2v) is 23.8. The summed E-state index contributed by atoms with van der Waals surface area (Å²) in [5.74, 6) is 2.79. The van der Waals surface area contributed by atoms with Crippen LogP contribution in [0.3, 0.4) is 0 Å². The molecule has 0 N–H and O–H groups in total. The summed E-state index contributed by atoms with van der Waals surface area (Å²) >= 11 is 0. The third kappa shape index (κ3) is 5.31. The standard InChI is InChI=1S/C63H65N/c1-59(2,3)38-26-30-46-47-31-27-39(60(4,5)6)35-56(47)63(55(46)34-38)51-23-16-13-20-48(51)58-52(63)24-17-25-57(58)64(40-28-32-44-42-18-11-14-21-49(42)61(7,8)53(44)36-40)41-29-33-45-43-19-12-15-22-50(43)62(9,10)54(45)37-41/h11-37,42-43,48-52,58H,1-10H3/t42?,43?,48?,49?,50?,51-,52?,58?/m0/s1. The molecule has 64 heavy (non-hydrogen) atoms. The molecule has 0 amide bonds. The Kier molecular flexibility index (Phi) is 8.37. The summed E-state index contributed by atoms with van der Waals surface area (Å²) in [6.45, 7) is 24.2. The molecular formula is C63H65N. The Morgan fingerprint density at radius 2 is 0.891 bits per heavy atom. The zero-order chi connectivity index (χ0) is 44.3. The molecule has 0 saturated heterocycles. The zero-order valence-corrected chi connectivity index (χ0v) is 39.7. The van der Waals surface area contributed by atoms with E-state index in [1.54, 1.807) is 0 Å². The van der Waals surface area contributed by atoms with Gasteiger partial charge in [0, 0.05) is 46.2 Å². The first-order valence-electron chi connectivity index (χ1n) is 24.3. The molecule has 4 aromatic rings. The molecule has 0 radical (unpaired) electrons. The molecule has 1 spiro atoms. The van der Waals surface area contributed by atoms with Gasteiger partial charge in [-0.1, -0.05) is 203 Å². The van der Waals surface area contributed by atoms with E-state index in [0.29, 0.717) is 29.6 Å². The minimum Gasteiger partial charge on any atom is -0.314 e. The number of rotatable bonds is 3. The Labute approximate surface area is 383 Å². The van der Waals surface area contributed by atoms with E-state index < -0.39 is 0 Å². The van der Waals surface area contributed by atoms with Crippen LogP contribution in [0.5, 0.6) is 0 Å². The first-order valence-corrected chi connectivity index (χ1v) is 24.3. The van der Waals surface area contributed by atoms with Crippen molar-refractivity contribution in [2.75, 3.05) is 4.90 Å². The number of nitrogens with zero attached hydrogens (tertiary/aromatic N) is 1. The molecule has 0 aromatic heterocycles. The Morgan fingerprint density at radius 1 is 0.438 bits per heavy atom. The van der Waals surface area contributed by atoms with Gasteiger partial charge in [-0.3, -0.25) is 0 Å². The number of hydrogen-bond acceptors (Lipinski definition) is 1. The normalized spacial score (nSPS) is 29.4. The van der Waals surface area contributed by atoms with Gasteiger partial charge in [0.05, 0.1) is 0 Å². The largest absolute Gasteiger partial charge is 0.314 e. The Balaban J connectivity index is 1.09. The minimum atomic E-state index is -0.242. The van der Waals surface area contributed by atoms with Gasteiger partial charge in [0.2, 0.25) is 0 Å². The van der Waals surface area contributed by atoms with Crippen molar-refractivity contribution in [3.63, 3.8) is 0 Å². The second kappa shape index (κ2) is 13.3. The molecule has 0 aliphatic heterocycles. The van der Waals surface area contributed by atoms with Crippen molar-refractivity contribution in [1.82, 2.24) is 0 Å². The van der Waals surface area contributed by atoms with Crippen LogP contribution in [-0.2, 0) is 27.1 Å². The van der Waals surface area contributed by atoms with E-state index in [9.17, 15) is 0 Å². The van der Waals surface area contributed by atoms with Gasteiger partial charge in [0.1, 0.15) is 0 Å². The van der Waals surface area contributed by atoms with Crippen LogP contribution in [0.4, 0.5) is 11.4 Å². The minimum absolute atomic E-state index is 0.00677. The van der Waals surface area contributed by atoms with Gasteiger partial charge >= 0.3 is 0 Å². The fraction of sp³-hybridized carbons (Fsp3) is 0.365. The van der Waals surface area contributed by atoms with Crippen molar-refractivity contribution in [2.45, 2.75) is 108 Å². The van der Waals surface area contributed by atoms with Crippen molar-refractivity contribution < 1.29 is 0 Å². The quantitative estimate of drug-likeness (QED) is 0.199. The molecule has 0 heterocycles. The van der Waals surface area contributed by atoms with E-state index in [2.05, 4.69) is 238 Å². The van der Waals surface area contributed by atoms with Gasteiger partial charge in [-0.05, 0) is 131 Å². The van der Waals surface area contributed by atoms with E-state index in [4.69, 9.17) is 0 Å². The van der Waals surface area contributed by atoms with Gasteiger partial charge in [-0.2, -0.15) is 0 Å². The van der Waals surface area contributed by atoms with Crippen LogP contribution in [0.2, 0.25) is 0 Å². The van der Waals surface area contributed by atoms with Crippen LogP contribution in [-0.4, -0.2) is 0 Å². The van der Waals surface area contributed by atoms with Gasteiger partial charge in [-0.25, -0.2) is 0 Å². The van der Waals surface area contributed by atoms with E-state index in [0.717, 1.165) is 0 Å². The predicted molar refractivity (Wildman–Crippen MR) is 270 cm³/mol. The predicted octanol–water partition coefficient (Wildman–Crippen LogP) is 15.7. The van der Waals surface area contributed by atoms with Crippen LogP contribution in [0.1, 0.15) is 126 Å². The van der Waals surface area contributed by atoms with Crippen LogP contribution in [0.15, 0.2) is 170 Å². The molecule has 12 rings (SSSR count). The number of allylic oxidation sites excluding steroid dienone is 16. The van der Waals surface area contributed by atoms with Crippen LogP contribution >= 0.6 is 0 Å². The molecule has 0 bridgehead atoms. The maximum Gasteiger partial charge on any atom is 0.0461 e. The fourth-order valence-electron chi connectivity index (χ4n) is 14.5. The van der Waals surface area contributed by atoms with Crippen molar-refractivity contribution in [2.24, 2.45) is 35.5 Å². The maximum absolute atomic E-state index is 2.73. The molecule has 7 unspecified atom stereocenters. The van der Waals surface area contributed by atoms with Crippen molar-refractivity contribution in [1.29, 1.82) is 0 Å². The van der Waals surface area contributed by atoms with Crippen molar-refractivity contribution in [3.8, 4) is 11.1 Å². The van der Waals surface area contributed by atoms with Gasteiger partial charge in [0.25, 0.3) is 0 Å². The summed E-state index contributed by atoms with van der Waals surface area (Å²) in [4.78, 5) is 2.73. The molecule has 1 heteroatoms. The lowest BCUT2D eigenvalue weighted by Gasteiger charge is -2.42. The van der Waals surface area contributed by atoms with E-state index in [-0.39, 0.29) is 44.8 Å². The summed E-state index contributed by atoms with van der Waals surface area (Å²) in [5.41, 5.74) is 18.4. The van der Waals surface area contributed by atoms with Crippen molar-refractivity contribution in [3.05, 3.63) is 214 Å². The monoisotopic (exact) mass is 836 g/mol. The Bertz CT molecular complexity index is 2750. The lowest BCUT2D eigenvalue weighted by atomic mass is 9.62. The summed E-state index contributed by atoms with van der Waals surface area (Å²) < 4.78 is 0. The summed E-state index contributed by atoms with van der Waals surface area (Å²) in [6, 6.07) is 30.1. The molecular weight excluding hydrogens is 771 g/mol. The average Bonchev–Trinajstić information content (AvgIpc) is 3.91. The van der Waals surface area contributed by atoms with Gasteiger partial charge < -0.3 is 4.90 Å². The second-order valence-electron chi connectivity index (χ2n) is 23.8. The van der Waals surface area contributed by atoms with Crippen LogP contribution in [0.25, 0.3) is 11.1 Å². The molecule has 8 atom stereocenters. The molecule has 8 aliphatic carbocycles. The highest BCUT2D eigenvalue weighted by molar-refractivity contribution is 5.84. The number of benzene rings is 4. The van der Waals surface area contributed by atoms with Crippen LogP contribution < -0.4 is 4.90 Å². The third-order valence-corrected chi connectivity index (χ3v) is 17.8. The third-order valence-electron chi connectivity index (χ3n) is 17.8. The average molecular weight is 836 g/mol. The van der Waals surface area contributed by atoms with E-state index in [1.807, 2.05) is 0 Å². The molecule has 322 valence electrons. The Hall–Kier alpha value is -5.40. The summed E-state index contributed by atoms with van der Waals surface area (Å²) in [6.07, 6.45) is 36.3. The zero-order valence-electron chi connectivity index (χ0n) is 39.7. The fourth-order valence-corrected chi connectivity index (χ4v) is 14.5. The highest BCUT2D eigenvalue weighted by Crippen LogP contribution is 2.70. The number of fused-ring (bicyclic) bond motifs is 16.